The molecule has 0 amide bonds. The normalized spacial score (nSPS) is 21.1. The maximum atomic E-state index is 12.9. The fourth-order valence-corrected chi connectivity index (χ4v) is 4.86. The molecule has 1 aromatic carbocycles. The quantitative estimate of drug-likeness (QED) is 0.932. The minimum absolute atomic E-state index is 0.0474. The molecule has 20 heavy (non-hydrogen) atoms. The van der Waals surface area contributed by atoms with E-state index in [1.807, 2.05) is 26.8 Å². The van der Waals surface area contributed by atoms with Crippen LogP contribution in [0.25, 0.3) is 0 Å². The summed E-state index contributed by atoms with van der Waals surface area (Å²) in [7, 11) is -3.47. The van der Waals surface area contributed by atoms with Gasteiger partial charge in [0.05, 0.1) is 11.5 Å². The summed E-state index contributed by atoms with van der Waals surface area (Å²) in [6.45, 7) is 6.13. The minimum atomic E-state index is -3.47. The van der Waals surface area contributed by atoms with Crippen LogP contribution in [0.2, 0.25) is 0 Å². The van der Waals surface area contributed by atoms with Crippen LogP contribution in [0.3, 0.4) is 0 Å². The minimum Gasteiger partial charge on any atom is -0.392 e. The maximum Gasteiger partial charge on any atom is 0.243 e. The number of hydrogen-bond donors (Lipinski definition) is 1. The van der Waals surface area contributed by atoms with Gasteiger partial charge in [-0.1, -0.05) is 12.5 Å². The largest absolute Gasteiger partial charge is 0.392 e. The molecule has 0 saturated carbocycles. The first-order valence-corrected chi connectivity index (χ1v) is 8.54. The Labute approximate surface area is 121 Å². The molecule has 0 radical (unpaired) electrons. The van der Waals surface area contributed by atoms with Crippen molar-refractivity contribution in [2.75, 3.05) is 6.54 Å². The maximum absolute atomic E-state index is 12.9. The molecule has 1 atom stereocenters. The van der Waals surface area contributed by atoms with Crippen LogP contribution in [0.1, 0.15) is 42.9 Å². The lowest BCUT2D eigenvalue weighted by Crippen LogP contribution is -2.42. The lowest BCUT2D eigenvalue weighted by atomic mass is 10.1. The fraction of sp³-hybridized carbons (Fsp3) is 0.600. The van der Waals surface area contributed by atoms with Gasteiger partial charge in [0, 0.05) is 12.6 Å². The van der Waals surface area contributed by atoms with Crippen LogP contribution < -0.4 is 0 Å². The SMILES string of the molecule is Cc1cc(CO)cc(S(=O)(=O)N2CCCCC2C)c1C. The van der Waals surface area contributed by atoms with Crippen molar-refractivity contribution in [3.05, 3.63) is 28.8 Å². The van der Waals surface area contributed by atoms with Gasteiger partial charge in [0.2, 0.25) is 10.0 Å². The van der Waals surface area contributed by atoms with Gasteiger partial charge in [0.1, 0.15) is 0 Å². The molecular weight excluding hydrogens is 274 g/mol. The first kappa shape index (κ1) is 15.5. The summed E-state index contributed by atoms with van der Waals surface area (Å²) < 4.78 is 27.4. The summed E-state index contributed by atoms with van der Waals surface area (Å²) in [5.74, 6) is 0. The standard InChI is InChI=1S/C15H23NO3S/c1-11-8-14(10-17)9-15(13(11)3)20(18,19)16-7-5-4-6-12(16)2/h8-9,12,17H,4-7,10H2,1-3H3. The Bertz CT molecular complexity index is 595. The van der Waals surface area contributed by atoms with E-state index in [-0.39, 0.29) is 12.6 Å². The number of rotatable bonds is 3. The summed E-state index contributed by atoms with van der Waals surface area (Å²) >= 11 is 0. The van der Waals surface area contributed by atoms with Crippen molar-refractivity contribution >= 4 is 10.0 Å². The topological polar surface area (TPSA) is 57.6 Å². The third-order valence-corrected chi connectivity index (χ3v) is 6.33. The Hall–Kier alpha value is -0.910. The number of nitrogens with zero attached hydrogens (tertiary/aromatic N) is 1. The van der Waals surface area contributed by atoms with Gasteiger partial charge in [0.25, 0.3) is 0 Å². The monoisotopic (exact) mass is 297 g/mol. The van der Waals surface area contributed by atoms with Crippen molar-refractivity contribution in [3.8, 4) is 0 Å². The predicted octanol–water partition coefficient (Wildman–Crippen LogP) is 2.36. The molecule has 112 valence electrons. The van der Waals surface area contributed by atoms with Gasteiger partial charge in [-0.2, -0.15) is 4.31 Å². The van der Waals surface area contributed by atoms with E-state index in [9.17, 15) is 13.5 Å². The van der Waals surface area contributed by atoms with E-state index < -0.39 is 10.0 Å². The fourth-order valence-electron chi connectivity index (χ4n) is 2.81. The van der Waals surface area contributed by atoms with Crippen LogP contribution in [-0.4, -0.2) is 30.4 Å². The Balaban J connectivity index is 2.51. The second-order valence-electron chi connectivity index (χ2n) is 5.65. The van der Waals surface area contributed by atoms with Crippen molar-refractivity contribution in [1.82, 2.24) is 4.31 Å². The average Bonchev–Trinajstić information content (AvgIpc) is 2.41. The van der Waals surface area contributed by atoms with Gasteiger partial charge >= 0.3 is 0 Å². The van der Waals surface area contributed by atoms with Gasteiger partial charge in [-0.25, -0.2) is 8.42 Å². The van der Waals surface area contributed by atoms with Crippen LogP contribution in [0.15, 0.2) is 17.0 Å². The number of hydrogen-bond acceptors (Lipinski definition) is 3. The number of benzene rings is 1. The number of piperidine rings is 1. The predicted molar refractivity (Wildman–Crippen MR) is 79.0 cm³/mol. The van der Waals surface area contributed by atoms with Gasteiger partial charge in [-0.05, 0) is 56.4 Å². The summed E-state index contributed by atoms with van der Waals surface area (Å²) in [4.78, 5) is 0.343. The number of aliphatic hydroxyl groups is 1. The molecule has 0 spiro atoms. The van der Waals surface area contributed by atoms with Crippen LogP contribution in [0.4, 0.5) is 0 Å². The average molecular weight is 297 g/mol. The first-order valence-electron chi connectivity index (χ1n) is 7.10. The third kappa shape index (κ3) is 2.75. The Morgan fingerprint density at radius 3 is 2.60 bits per heavy atom. The molecule has 0 aliphatic carbocycles. The van der Waals surface area contributed by atoms with Crippen molar-refractivity contribution in [3.63, 3.8) is 0 Å². The lowest BCUT2D eigenvalue weighted by Gasteiger charge is -2.33. The Morgan fingerprint density at radius 1 is 1.30 bits per heavy atom. The van der Waals surface area contributed by atoms with Crippen molar-refractivity contribution < 1.29 is 13.5 Å². The molecule has 4 nitrogen and oxygen atoms in total. The van der Waals surface area contributed by atoms with Gasteiger partial charge in [-0.15, -0.1) is 0 Å². The lowest BCUT2D eigenvalue weighted by molar-refractivity contribution is 0.268. The van der Waals surface area contributed by atoms with E-state index in [0.717, 1.165) is 30.4 Å². The second-order valence-corrected chi connectivity index (χ2v) is 7.51. The highest BCUT2D eigenvalue weighted by Crippen LogP contribution is 2.29. The van der Waals surface area contributed by atoms with E-state index in [1.165, 1.54) is 0 Å². The molecule has 1 aliphatic rings. The number of sulfonamides is 1. The van der Waals surface area contributed by atoms with Crippen molar-refractivity contribution in [2.45, 2.75) is 57.6 Å². The van der Waals surface area contributed by atoms with Crippen molar-refractivity contribution in [2.24, 2.45) is 0 Å². The molecule has 0 bridgehead atoms. The Kier molecular flexibility index (Phi) is 4.52. The zero-order chi connectivity index (χ0) is 14.9. The highest BCUT2D eigenvalue weighted by molar-refractivity contribution is 7.89. The third-order valence-electron chi connectivity index (χ3n) is 4.19. The second kappa shape index (κ2) is 5.84. The Morgan fingerprint density at radius 2 is 2.00 bits per heavy atom. The van der Waals surface area contributed by atoms with Gasteiger partial charge < -0.3 is 5.11 Å². The van der Waals surface area contributed by atoms with E-state index in [1.54, 1.807) is 10.4 Å². The zero-order valence-electron chi connectivity index (χ0n) is 12.4. The van der Waals surface area contributed by atoms with E-state index in [0.29, 0.717) is 17.0 Å². The smallest absolute Gasteiger partial charge is 0.243 e. The van der Waals surface area contributed by atoms with Crippen LogP contribution in [0, 0.1) is 13.8 Å². The summed E-state index contributed by atoms with van der Waals surface area (Å²) in [6, 6.07) is 3.50. The number of aryl methyl sites for hydroxylation is 1. The molecule has 1 heterocycles. The molecule has 1 fully saturated rings. The summed E-state index contributed by atoms with van der Waals surface area (Å²) in [5.41, 5.74) is 2.33. The molecule has 1 unspecified atom stereocenters. The van der Waals surface area contributed by atoms with Gasteiger partial charge in [-0.3, -0.25) is 0 Å². The molecular formula is C15H23NO3S. The van der Waals surface area contributed by atoms with Crippen LogP contribution >= 0.6 is 0 Å². The molecule has 5 heteroatoms. The molecule has 0 aromatic heterocycles. The van der Waals surface area contributed by atoms with Crippen molar-refractivity contribution in [1.29, 1.82) is 0 Å². The highest BCUT2D eigenvalue weighted by atomic mass is 32.2. The molecule has 2 rings (SSSR count). The van der Waals surface area contributed by atoms with Crippen LogP contribution in [-0.2, 0) is 16.6 Å². The molecule has 1 saturated heterocycles. The van der Waals surface area contributed by atoms with E-state index in [4.69, 9.17) is 0 Å². The summed E-state index contributed by atoms with van der Waals surface area (Å²) in [6.07, 6.45) is 2.92. The first-order chi connectivity index (χ1) is 9.37. The summed E-state index contributed by atoms with van der Waals surface area (Å²) in [5, 5.41) is 9.30. The van der Waals surface area contributed by atoms with Gasteiger partial charge in [0.15, 0.2) is 0 Å². The molecule has 1 N–H and O–H groups in total. The van der Waals surface area contributed by atoms with E-state index >= 15 is 0 Å². The number of aliphatic hydroxyl groups excluding tert-OH is 1. The highest BCUT2D eigenvalue weighted by Gasteiger charge is 2.32. The van der Waals surface area contributed by atoms with E-state index in [2.05, 4.69) is 0 Å². The van der Waals surface area contributed by atoms with Crippen LogP contribution in [0.5, 0.6) is 0 Å². The molecule has 1 aromatic rings. The zero-order valence-corrected chi connectivity index (χ0v) is 13.2. The molecule has 1 aliphatic heterocycles.